The summed E-state index contributed by atoms with van der Waals surface area (Å²) < 4.78 is 0. The number of rotatable bonds is 4. The van der Waals surface area contributed by atoms with E-state index in [4.69, 9.17) is 0 Å². The molecule has 0 radical (unpaired) electrons. The fourth-order valence-electron chi connectivity index (χ4n) is 3.95. The molecule has 0 aromatic rings. The molecule has 2 rings (SSSR count). The molecule has 1 heterocycles. The largest absolute Gasteiger partial charge is 0.315 e. The zero-order valence-corrected chi connectivity index (χ0v) is 11.8. The first-order valence-corrected chi connectivity index (χ1v) is 7.79. The molecule has 2 nitrogen and oxygen atoms in total. The van der Waals surface area contributed by atoms with Crippen molar-refractivity contribution in [1.29, 1.82) is 0 Å². The van der Waals surface area contributed by atoms with Gasteiger partial charge in [-0.15, -0.1) is 0 Å². The molecule has 2 fully saturated rings. The van der Waals surface area contributed by atoms with E-state index in [9.17, 15) is 0 Å². The molecule has 3 atom stereocenters. The number of likely N-dealkylation sites (N-methyl/N-ethyl adjacent to an activating group) is 1. The summed E-state index contributed by atoms with van der Waals surface area (Å²) in [7, 11) is 2.15. The number of nitrogens with zero attached hydrogens (tertiary/aromatic N) is 1. The summed E-state index contributed by atoms with van der Waals surface area (Å²) in [6, 6.07) is 2.46. The molecule has 2 aliphatic rings. The summed E-state index contributed by atoms with van der Waals surface area (Å²) in [6.45, 7) is 3.69. The van der Waals surface area contributed by atoms with Crippen LogP contribution in [0.5, 0.6) is 0 Å². The molecule has 1 aliphatic carbocycles. The van der Waals surface area contributed by atoms with Crippen LogP contribution in [0.15, 0.2) is 0 Å². The van der Waals surface area contributed by atoms with Crippen LogP contribution in [0.4, 0.5) is 0 Å². The van der Waals surface area contributed by atoms with Crippen LogP contribution in [-0.4, -0.2) is 36.6 Å². The molecule has 100 valence electrons. The summed E-state index contributed by atoms with van der Waals surface area (Å²) in [4.78, 5) is 2.87. The summed E-state index contributed by atoms with van der Waals surface area (Å²) >= 11 is 0. The first-order chi connectivity index (χ1) is 8.36. The Morgan fingerprint density at radius 3 is 2.59 bits per heavy atom. The molecule has 1 aliphatic heterocycles. The highest BCUT2D eigenvalue weighted by molar-refractivity contribution is 4.91. The van der Waals surface area contributed by atoms with Gasteiger partial charge in [0.05, 0.1) is 0 Å². The van der Waals surface area contributed by atoms with Crippen LogP contribution in [0.2, 0.25) is 0 Å². The van der Waals surface area contributed by atoms with Crippen molar-refractivity contribution in [2.24, 2.45) is 0 Å². The van der Waals surface area contributed by atoms with Crippen LogP contribution in [0.3, 0.4) is 0 Å². The molecule has 0 aromatic carbocycles. The summed E-state index contributed by atoms with van der Waals surface area (Å²) in [5.41, 5.74) is 0. The predicted octanol–water partition coefficient (Wildman–Crippen LogP) is 3.17. The molecule has 2 heteroatoms. The van der Waals surface area contributed by atoms with E-state index in [1.165, 1.54) is 64.3 Å². The quantitative estimate of drug-likeness (QED) is 0.809. The molecule has 1 saturated carbocycles. The van der Waals surface area contributed by atoms with E-state index in [0.29, 0.717) is 0 Å². The molecule has 1 N–H and O–H groups in total. The zero-order valence-electron chi connectivity index (χ0n) is 11.8. The normalized spacial score (nSPS) is 36.0. The van der Waals surface area contributed by atoms with Crippen molar-refractivity contribution in [3.63, 3.8) is 0 Å². The minimum atomic E-state index is 0.751. The fourth-order valence-corrected chi connectivity index (χ4v) is 3.95. The van der Waals surface area contributed by atoms with Crippen LogP contribution >= 0.6 is 0 Å². The smallest absolute Gasteiger partial charge is 0.0252 e. The third-order valence-electron chi connectivity index (χ3n) is 4.82. The van der Waals surface area contributed by atoms with Gasteiger partial charge in [-0.1, -0.05) is 32.6 Å². The van der Waals surface area contributed by atoms with E-state index >= 15 is 0 Å². The third-order valence-corrected chi connectivity index (χ3v) is 4.82. The molecule has 0 aromatic heterocycles. The summed E-state index contributed by atoms with van der Waals surface area (Å²) in [5, 5.41) is 3.57. The Morgan fingerprint density at radius 2 is 1.82 bits per heavy atom. The van der Waals surface area contributed by atoms with Gasteiger partial charge >= 0.3 is 0 Å². The third kappa shape index (κ3) is 3.23. The molecule has 1 saturated heterocycles. The SMILES string of the molecule is CCCC1CCCCN1C1CCCCC1NC. The first kappa shape index (κ1) is 13.4. The maximum atomic E-state index is 3.57. The lowest BCUT2D eigenvalue weighted by Crippen LogP contribution is -2.55. The van der Waals surface area contributed by atoms with Crippen LogP contribution in [0.25, 0.3) is 0 Å². The van der Waals surface area contributed by atoms with Gasteiger partial charge in [-0.2, -0.15) is 0 Å². The van der Waals surface area contributed by atoms with Gasteiger partial charge in [0.1, 0.15) is 0 Å². The number of nitrogens with one attached hydrogen (secondary N) is 1. The van der Waals surface area contributed by atoms with E-state index in [0.717, 1.165) is 18.1 Å². The lowest BCUT2D eigenvalue weighted by Gasteiger charge is -2.46. The highest BCUT2D eigenvalue weighted by Gasteiger charge is 2.33. The lowest BCUT2D eigenvalue weighted by atomic mass is 9.85. The van der Waals surface area contributed by atoms with Crippen LogP contribution in [0, 0.1) is 0 Å². The molecule has 0 spiro atoms. The van der Waals surface area contributed by atoms with Gasteiger partial charge in [-0.05, 0) is 45.7 Å². The highest BCUT2D eigenvalue weighted by atomic mass is 15.2. The minimum absolute atomic E-state index is 0.751. The average molecular weight is 238 g/mol. The molecule has 3 unspecified atom stereocenters. The summed E-state index contributed by atoms with van der Waals surface area (Å²) in [6.07, 6.45) is 12.8. The van der Waals surface area contributed by atoms with Crippen molar-refractivity contribution in [3.05, 3.63) is 0 Å². The van der Waals surface area contributed by atoms with Gasteiger partial charge in [-0.3, -0.25) is 4.90 Å². The van der Waals surface area contributed by atoms with Gasteiger partial charge in [0.2, 0.25) is 0 Å². The minimum Gasteiger partial charge on any atom is -0.315 e. The Labute approximate surface area is 107 Å². The zero-order chi connectivity index (χ0) is 12.1. The van der Waals surface area contributed by atoms with Gasteiger partial charge < -0.3 is 5.32 Å². The second-order valence-electron chi connectivity index (χ2n) is 5.92. The van der Waals surface area contributed by atoms with E-state index in [1.54, 1.807) is 0 Å². The standard InChI is InChI=1S/C15H30N2/c1-3-8-13-9-6-7-12-17(13)15-11-5-4-10-14(15)16-2/h13-16H,3-12H2,1-2H3. The van der Waals surface area contributed by atoms with E-state index in [-0.39, 0.29) is 0 Å². The second-order valence-corrected chi connectivity index (χ2v) is 5.92. The molecular formula is C15H30N2. The van der Waals surface area contributed by atoms with Gasteiger partial charge in [0, 0.05) is 18.1 Å². The maximum Gasteiger partial charge on any atom is 0.0252 e. The number of hydrogen-bond donors (Lipinski definition) is 1. The van der Waals surface area contributed by atoms with Crippen molar-refractivity contribution >= 4 is 0 Å². The number of piperidine rings is 1. The molecule has 0 amide bonds. The molecule has 0 bridgehead atoms. The Morgan fingerprint density at radius 1 is 1.06 bits per heavy atom. The molecular weight excluding hydrogens is 208 g/mol. The monoisotopic (exact) mass is 238 g/mol. The summed E-state index contributed by atoms with van der Waals surface area (Å²) in [5.74, 6) is 0. The second kappa shape index (κ2) is 6.75. The maximum absolute atomic E-state index is 3.57. The van der Waals surface area contributed by atoms with E-state index in [2.05, 4.69) is 24.2 Å². The van der Waals surface area contributed by atoms with Crippen LogP contribution in [0.1, 0.15) is 64.7 Å². The van der Waals surface area contributed by atoms with Crippen molar-refractivity contribution in [2.45, 2.75) is 82.8 Å². The van der Waals surface area contributed by atoms with Crippen LogP contribution < -0.4 is 5.32 Å². The number of likely N-dealkylation sites (tertiary alicyclic amines) is 1. The Balaban J connectivity index is 2.00. The molecule has 17 heavy (non-hydrogen) atoms. The van der Waals surface area contributed by atoms with Crippen LogP contribution in [-0.2, 0) is 0 Å². The Hall–Kier alpha value is -0.0800. The van der Waals surface area contributed by atoms with Crippen molar-refractivity contribution < 1.29 is 0 Å². The first-order valence-electron chi connectivity index (χ1n) is 7.79. The Kier molecular flexibility index (Phi) is 5.30. The van der Waals surface area contributed by atoms with Gasteiger partial charge in [-0.25, -0.2) is 0 Å². The predicted molar refractivity (Wildman–Crippen MR) is 74.4 cm³/mol. The van der Waals surface area contributed by atoms with Gasteiger partial charge in [0.15, 0.2) is 0 Å². The van der Waals surface area contributed by atoms with Gasteiger partial charge in [0.25, 0.3) is 0 Å². The lowest BCUT2D eigenvalue weighted by molar-refractivity contribution is 0.0494. The van der Waals surface area contributed by atoms with E-state index in [1.807, 2.05) is 0 Å². The van der Waals surface area contributed by atoms with Crippen molar-refractivity contribution in [1.82, 2.24) is 10.2 Å². The highest BCUT2D eigenvalue weighted by Crippen LogP contribution is 2.30. The topological polar surface area (TPSA) is 15.3 Å². The number of hydrogen-bond acceptors (Lipinski definition) is 2. The fraction of sp³-hybridized carbons (Fsp3) is 1.00. The van der Waals surface area contributed by atoms with Crippen molar-refractivity contribution in [2.75, 3.05) is 13.6 Å². The Bertz CT molecular complexity index is 215. The van der Waals surface area contributed by atoms with E-state index < -0.39 is 0 Å². The average Bonchev–Trinajstić information content (AvgIpc) is 2.40. The van der Waals surface area contributed by atoms with Crippen molar-refractivity contribution in [3.8, 4) is 0 Å².